The van der Waals surface area contributed by atoms with Crippen LogP contribution in [0.25, 0.3) is 0 Å². The van der Waals surface area contributed by atoms with E-state index < -0.39 is 0 Å². The van der Waals surface area contributed by atoms with E-state index in [0.717, 1.165) is 11.3 Å². The fourth-order valence-corrected chi connectivity index (χ4v) is 1.25. The average molecular weight is 259 g/mol. The normalized spacial score (nSPS) is 11.2. The predicted octanol–water partition coefficient (Wildman–Crippen LogP) is 1.33. The van der Waals surface area contributed by atoms with Crippen LogP contribution < -0.4 is 15.8 Å². The van der Waals surface area contributed by atoms with Crippen molar-refractivity contribution in [2.24, 2.45) is 11.7 Å². The Morgan fingerprint density at radius 1 is 1.53 bits per heavy atom. The van der Waals surface area contributed by atoms with E-state index in [0.29, 0.717) is 13.1 Å². The SMILES string of the molecule is COc1cccc(CNC(=O)C(C)CN)c1.Cl. The molecule has 0 aliphatic rings. The first-order valence-electron chi connectivity index (χ1n) is 5.28. The molecular weight excluding hydrogens is 240 g/mol. The van der Waals surface area contributed by atoms with Gasteiger partial charge < -0.3 is 15.8 Å². The number of amides is 1. The minimum absolute atomic E-state index is 0. The van der Waals surface area contributed by atoms with Gasteiger partial charge in [-0.15, -0.1) is 12.4 Å². The average Bonchev–Trinajstić information content (AvgIpc) is 2.35. The number of hydrogen-bond donors (Lipinski definition) is 2. The zero-order valence-corrected chi connectivity index (χ0v) is 10.9. The summed E-state index contributed by atoms with van der Waals surface area (Å²) in [5.74, 6) is 0.620. The second-order valence-corrected chi connectivity index (χ2v) is 3.71. The van der Waals surface area contributed by atoms with Crippen LogP contribution in [0.3, 0.4) is 0 Å². The number of methoxy groups -OCH3 is 1. The van der Waals surface area contributed by atoms with Gasteiger partial charge in [-0.2, -0.15) is 0 Å². The second kappa shape index (κ2) is 7.92. The van der Waals surface area contributed by atoms with Crippen LogP contribution in [0.4, 0.5) is 0 Å². The fourth-order valence-electron chi connectivity index (χ4n) is 1.25. The lowest BCUT2D eigenvalue weighted by molar-refractivity contribution is -0.124. The number of benzene rings is 1. The molecule has 0 heterocycles. The predicted molar refractivity (Wildman–Crippen MR) is 70.3 cm³/mol. The summed E-state index contributed by atoms with van der Waals surface area (Å²) in [5.41, 5.74) is 6.42. The molecule has 3 N–H and O–H groups in total. The fraction of sp³-hybridized carbons (Fsp3) is 0.417. The van der Waals surface area contributed by atoms with Crippen molar-refractivity contribution in [1.82, 2.24) is 5.32 Å². The van der Waals surface area contributed by atoms with Gasteiger partial charge in [0.05, 0.1) is 7.11 Å². The van der Waals surface area contributed by atoms with Crippen LogP contribution in [0.2, 0.25) is 0 Å². The molecule has 0 aliphatic heterocycles. The number of hydrogen-bond acceptors (Lipinski definition) is 3. The summed E-state index contributed by atoms with van der Waals surface area (Å²) in [5, 5.41) is 2.83. The largest absolute Gasteiger partial charge is 0.497 e. The van der Waals surface area contributed by atoms with E-state index in [1.54, 1.807) is 14.0 Å². The van der Waals surface area contributed by atoms with Gasteiger partial charge >= 0.3 is 0 Å². The van der Waals surface area contributed by atoms with Crippen LogP contribution in [0.15, 0.2) is 24.3 Å². The van der Waals surface area contributed by atoms with Crippen molar-refractivity contribution in [2.45, 2.75) is 13.5 Å². The number of halogens is 1. The van der Waals surface area contributed by atoms with Gasteiger partial charge in [0.15, 0.2) is 0 Å². The zero-order valence-electron chi connectivity index (χ0n) is 10.1. The molecule has 1 aromatic rings. The number of carbonyl (C=O) groups is 1. The van der Waals surface area contributed by atoms with E-state index in [-0.39, 0.29) is 24.2 Å². The standard InChI is InChI=1S/C12H18N2O2.ClH/c1-9(7-13)12(15)14-8-10-4-3-5-11(6-10)16-2;/h3-6,9H,7-8,13H2,1-2H3,(H,14,15);1H. The van der Waals surface area contributed by atoms with E-state index in [1.165, 1.54) is 0 Å². The number of nitrogens with two attached hydrogens (primary N) is 1. The quantitative estimate of drug-likeness (QED) is 0.838. The molecule has 0 fully saturated rings. The summed E-state index contributed by atoms with van der Waals surface area (Å²) in [7, 11) is 1.62. The van der Waals surface area contributed by atoms with Gasteiger partial charge in [0.1, 0.15) is 5.75 Å². The second-order valence-electron chi connectivity index (χ2n) is 3.71. The van der Waals surface area contributed by atoms with Crippen molar-refractivity contribution in [1.29, 1.82) is 0 Å². The highest BCUT2D eigenvalue weighted by molar-refractivity contribution is 5.85. The van der Waals surface area contributed by atoms with Crippen LogP contribution in [-0.2, 0) is 11.3 Å². The van der Waals surface area contributed by atoms with Crippen LogP contribution in [0, 0.1) is 5.92 Å². The maximum atomic E-state index is 11.5. The van der Waals surface area contributed by atoms with Crippen LogP contribution in [0.1, 0.15) is 12.5 Å². The molecule has 0 aromatic heterocycles. The van der Waals surface area contributed by atoms with Gasteiger partial charge in [-0.3, -0.25) is 4.79 Å². The topological polar surface area (TPSA) is 64.3 Å². The molecule has 5 heteroatoms. The molecule has 0 saturated carbocycles. The van der Waals surface area contributed by atoms with Crippen molar-refractivity contribution in [3.8, 4) is 5.75 Å². The van der Waals surface area contributed by atoms with Crippen LogP contribution >= 0.6 is 12.4 Å². The third-order valence-electron chi connectivity index (χ3n) is 2.40. The van der Waals surface area contributed by atoms with Gasteiger partial charge in [0.25, 0.3) is 0 Å². The first-order valence-corrected chi connectivity index (χ1v) is 5.28. The maximum Gasteiger partial charge on any atom is 0.224 e. The molecule has 96 valence electrons. The third kappa shape index (κ3) is 5.06. The van der Waals surface area contributed by atoms with Gasteiger partial charge in [-0.05, 0) is 17.7 Å². The Morgan fingerprint density at radius 2 is 2.24 bits per heavy atom. The zero-order chi connectivity index (χ0) is 12.0. The summed E-state index contributed by atoms with van der Waals surface area (Å²) >= 11 is 0. The Morgan fingerprint density at radius 3 is 2.82 bits per heavy atom. The highest BCUT2D eigenvalue weighted by atomic mass is 35.5. The van der Waals surface area contributed by atoms with Crippen molar-refractivity contribution in [3.63, 3.8) is 0 Å². The minimum Gasteiger partial charge on any atom is -0.497 e. The summed E-state index contributed by atoms with van der Waals surface area (Å²) in [6, 6.07) is 7.60. The van der Waals surface area contributed by atoms with E-state index >= 15 is 0 Å². The van der Waals surface area contributed by atoms with Crippen molar-refractivity contribution in [3.05, 3.63) is 29.8 Å². The smallest absolute Gasteiger partial charge is 0.224 e. The number of carbonyl (C=O) groups excluding carboxylic acids is 1. The van der Waals surface area contributed by atoms with Crippen molar-refractivity contribution >= 4 is 18.3 Å². The maximum absolute atomic E-state index is 11.5. The molecular formula is C12H19ClN2O2. The molecule has 0 saturated heterocycles. The van der Waals surface area contributed by atoms with E-state index in [2.05, 4.69) is 5.32 Å². The third-order valence-corrected chi connectivity index (χ3v) is 2.40. The van der Waals surface area contributed by atoms with Gasteiger partial charge in [0, 0.05) is 19.0 Å². The molecule has 1 aromatic carbocycles. The summed E-state index contributed by atoms with van der Waals surface area (Å²) in [6.07, 6.45) is 0. The van der Waals surface area contributed by atoms with Crippen LogP contribution in [0.5, 0.6) is 5.75 Å². The molecule has 1 amide bonds. The lowest BCUT2D eigenvalue weighted by Crippen LogP contribution is -2.32. The molecule has 0 aliphatic carbocycles. The Balaban J connectivity index is 0.00000256. The molecule has 0 bridgehead atoms. The first-order chi connectivity index (χ1) is 7.67. The van der Waals surface area contributed by atoms with Gasteiger partial charge in [0.2, 0.25) is 5.91 Å². The molecule has 1 rings (SSSR count). The van der Waals surface area contributed by atoms with Gasteiger partial charge in [-0.1, -0.05) is 19.1 Å². The molecule has 0 radical (unpaired) electrons. The highest BCUT2D eigenvalue weighted by Crippen LogP contribution is 2.12. The van der Waals surface area contributed by atoms with Crippen molar-refractivity contribution in [2.75, 3.05) is 13.7 Å². The summed E-state index contributed by atoms with van der Waals surface area (Å²) < 4.78 is 5.10. The van der Waals surface area contributed by atoms with Gasteiger partial charge in [-0.25, -0.2) is 0 Å². The highest BCUT2D eigenvalue weighted by Gasteiger charge is 2.09. The summed E-state index contributed by atoms with van der Waals surface area (Å²) in [6.45, 7) is 2.67. The number of ether oxygens (including phenoxy) is 1. The van der Waals surface area contributed by atoms with E-state index in [9.17, 15) is 4.79 Å². The van der Waals surface area contributed by atoms with Crippen LogP contribution in [-0.4, -0.2) is 19.6 Å². The Bertz CT molecular complexity index is 358. The Kier molecular flexibility index (Phi) is 7.34. The summed E-state index contributed by atoms with van der Waals surface area (Å²) in [4.78, 5) is 11.5. The molecule has 4 nitrogen and oxygen atoms in total. The molecule has 1 atom stereocenters. The lowest BCUT2D eigenvalue weighted by Gasteiger charge is -2.10. The Labute approximate surface area is 108 Å². The number of rotatable bonds is 5. The Hall–Kier alpha value is -1.26. The monoisotopic (exact) mass is 258 g/mol. The molecule has 17 heavy (non-hydrogen) atoms. The van der Waals surface area contributed by atoms with E-state index in [4.69, 9.17) is 10.5 Å². The molecule has 1 unspecified atom stereocenters. The van der Waals surface area contributed by atoms with E-state index in [1.807, 2.05) is 24.3 Å². The van der Waals surface area contributed by atoms with Crippen molar-refractivity contribution < 1.29 is 9.53 Å². The first kappa shape index (κ1) is 15.7. The molecule has 0 spiro atoms. The number of nitrogens with one attached hydrogen (secondary N) is 1. The minimum atomic E-state index is -0.148. The lowest BCUT2D eigenvalue weighted by atomic mass is 10.1.